The van der Waals surface area contributed by atoms with Gasteiger partial charge < -0.3 is 91.2 Å². The number of hydrogen-bond acceptors (Lipinski definition) is 24. The first-order chi connectivity index (χ1) is 59.1. The van der Waals surface area contributed by atoms with Crippen molar-refractivity contribution in [1.29, 1.82) is 0 Å². The monoisotopic (exact) mass is 1680 g/mol. The Morgan fingerprint density at radius 3 is 0.512 bits per heavy atom. The zero-order valence-corrected chi connectivity index (χ0v) is 72.4. The van der Waals surface area contributed by atoms with Crippen molar-refractivity contribution in [3.8, 4) is 0 Å². The van der Waals surface area contributed by atoms with Crippen LogP contribution in [0, 0.1) is 0 Å². The van der Waals surface area contributed by atoms with Gasteiger partial charge in [-0.2, -0.15) is 0 Å². The average Bonchev–Trinajstić information content (AvgIpc) is 0.794. The zero-order chi connectivity index (χ0) is 87.7. The Hall–Kier alpha value is -9.33. The number of carbonyl (C=O) groups excluding carboxylic acids is 3. The van der Waals surface area contributed by atoms with E-state index in [1.807, 2.05) is 335 Å². The van der Waals surface area contributed by atoms with Crippen molar-refractivity contribution >= 4 is 17.9 Å². The van der Waals surface area contributed by atoms with E-state index in [-0.39, 0.29) is 45.4 Å². The number of benzene rings is 9. The molecular formula is C99H129N9O15. The predicted octanol–water partition coefficient (Wildman–Crippen LogP) is 11.1. The molecule has 123 heavy (non-hydrogen) atoms. The van der Waals surface area contributed by atoms with Gasteiger partial charge in [0.05, 0.1) is 188 Å². The predicted molar refractivity (Wildman–Crippen MR) is 476 cm³/mol. The van der Waals surface area contributed by atoms with E-state index in [9.17, 15) is 14.4 Å². The van der Waals surface area contributed by atoms with Crippen molar-refractivity contribution in [3.63, 3.8) is 0 Å². The van der Waals surface area contributed by atoms with Crippen LogP contribution in [0.25, 0.3) is 0 Å². The van der Waals surface area contributed by atoms with Crippen LogP contribution in [0.4, 0.5) is 0 Å². The summed E-state index contributed by atoms with van der Waals surface area (Å²) in [7, 11) is 0. The topological polar surface area (TPSA) is 354 Å². The molecule has 3 fully saturated rings. The molecule has 9 aromatic carbocycles. The molecule has 3 saturated carbocycles. The highest BCUT2D eigenvalue weighted by Gasteiger charge is 2.54. The molecule has 0 aromatic heterocycles. The Morgan fingerprint density at radius 1 is 0.220 bits per heavy atom. The second-order valence-corrected chi connectivity index (χ2v) is 34.3. The zero-order valence-electron chi connectivity index (χ0n) is 72.4. The minimum absolute atomic E-state index is 0.0483. The smallest absolute Gasteiger partial charge is 0.320 e. The van der Waals surface area contributed by atoms with Crippen LogP contribution in [-0.4, -0.2) is 164 Å². The summed E-state index contributed by atoms with van der Waals surface area (Å²) in [6, 6.07) is 83.9. The van der Waals surface area contributed by atoms with E-state index in [1.54, 1.807) is 0 Å². The second kappa shape index (κ2) is 48.2. The van der Waals surface area contributed by atoms with Crippen LogP contribution in [0.15, 0.2) is 273 Å². The summed E-state index contributed by atoms with van der Waals surface area (Å²) in [6.45, 7) is 19.2. The van der Waals surface area contributed by atoms with Gasteiger partial charge in [0.15, 0.2) is 0 Å². The van der Waals surface area contributed by atoms with E-state index >= 15 is 0 Å². The van der Waals surface area contributed by atoms with Gasteiger partial charge in [0.25, 0.3) is 0 Å². The maximum atomic E-state index is 13.0. The van der Waals surface area contributed by atoms with Crippen LogP contribution >= 0.6 is 0 Å². The van der Waals surface area contributed by atoms with Crippen LogP contribution in [-0.2, 0) is 131 Å². The van der Waals surface area contributed by atoms with E-state index in [0.29, 0.717) is 39.6 Å². The van der Waals surface area contributed by atoms with Crippen molar-refractivity contribution in [2.45, 2.75) is 248 Å². The van der Waals surface area contributed by atoms with E-state index in [1.165, 1.54) is 0 Å². The highest BCUT2D eigenvalue weighted by atomic mass is 16.6. The third-order valence-electron chi connectivity index (χ3n) is 20.9. The Bertz CT molecular complexity index is 4190. The molecule has 0 aliphatic heterocycles. The standard InChI is InChI=1S/C39H53N3O7.C33H43N3O5.C27H33N3O3/c1-38(2,3)48-30(43)22-41-33-35(45-24-27-16-10-7-11-17-27)32(40)36(46-25-28-18-12-8-13-19-28)34(42-23-31(44)49-39(4,5)6)37(33)47-26-29-20-14-9-15-21-29;1-33(2,3)41-26(37)19-36-29-31(39-21-24-15-9-5-10-16-24)27(34)30(38-20-23-13-7-4-8-14-23)28(35)32(29)40-22-25-17-11-6-12-18-25;28-22-25(31-16-19-10-4-1-5-11-19)23(29)27(33-18-21-14-8-3-9-15-21)24(30)26(22)32-17-20-12-6-2-7-13-20/h7-21,32-37,41-42H,22-26,40H2,1-6H3;4-18,27-32,36H,19-22,34-35H2,1-3H3;1-15,22-27H,16-18,28-30H2. The van der Waals surface area contributed by atoms with Crippen molar-refractivity contribution in [3.05, 3.63) is 323 Å². The lowest BCUT2D eigenvalue weighted by Crippen LogP contribution is -2.74. The molecule has 24 heteroatoms. The number of ether oxygens (including phenoxy) is 12. The highest BCUT2D eigenvalue weighted by molar-refractivity contribution is 5.73. The van der Waals surface area contributed by atoms with Gasteiger partial charge in [0, 0.05) is 0 Å². The van der Waals surface area contributed by atoms with Gasteiger partial charge in [-0.25, -0.2) is 0 Å². The van der Waals surface area contributed by atoms with E-state index in [4.69, 9.17) is 91.2 Å². The molecule has 0 spiro atoms. The van der Waals surface area contributed by atoms with Gasteiger partial charge in [-0.3, -0.25) is 30.3 Å². The van der Waals surface area contributed by atoms with Gasteiger partial charge in [0.2, 0.25) is 0 Å². The molecule has 3 aliphatic rings. The van der Waals surface area contributed by atoms with E-state index < -0.39 is 138 Å². The molecule has 8 unspecified atom stereocenters. The number of esters is 3. The lowest BCUT2D eigenvalue weighted by Gasteiger charge is -2.50. The summed E-state index contributed by atoms with van der Waals surface area (Å²) >= 11 is 0. The Morgan fingerprint density at radius 2 is 0.350 bits per heavy atom. The second-order valence-electron chi connectivity index (χ2n) is 34.3. The van der Waals surface area contributed by atoms with Crippen LogP contribution in [0.1, 0.15) is 112 Å². The minimum atomic E-state index is -0.698. The lowest BCUT2D eigenvalue weighted by atomic mass is 9.79. The van der Waals surface area contributed by atoms with E-state index in [2.05, 4.69) is 16.0 Å². The molecule has 24 nitrogen and oxygen atoms in total. The van der Waals surface area contributed by atoms with Crippen LogP contribution in [0.5, 0.6) is 0 Å². The first kappa shape index (κ1) is 95.9. The van der Waals surface area contributed by atoms with Gasteiger partial charge in [-0.1, -0.05) is 273 Å². The fourth-order valence-corrected chi connectivity index (χ4v) is 15.2. The summed E-state index contributed by atoms with van der Waals surface area (Å²) in [6.07, 6.45) is -5.10. The van der Waals surface area contributed by atoms with Crippen molar-refractivity contribution in [1.82, 2.24) is 16.0 Å². The normalized spacial score (nSPS) is 24.6. The van der Waals surface area contributed by atoms with Gasteiger partial charge in [-0.15, -0.1) is 0 Å². The molecule has 0 amide bonds. The number of carbonyl (C=O) groups is 3. The van der Waals surface area contributed by atoms with Crippen LogP contribution in [0.3, 0.4) is 0 Å². The summed E-state index contributed by atoms with van der Waals surface area (Å²) in [4.78, 5) is 38.7. The first-order valence-electron chi connectivity index (χ1n) is 42.4. The number of rotatable bonds is 36. The quantitative estimate of drug-likeness (QED) is 0.0130. The van der Waals surface area contributed by atoms with Crippen molar-refractivity contribution < 1.29 is 71.2 Å². The molecule has 0 saturated heterocycles. The summed E-state index contributed by atoms with van der Waals surface area (Å²) in [5.74, 6) is -1.23. The average molecular weight is 1690 g/mol. The van der Waals surface area contributed by atoms with Crippen molar-refractivity contribution in [2.75, 3.05) is 19.6 Å². The lowest BCUT2D eigenvalue weighted by molar-refractivity contribution is -0.166. The Labute approximate surface area is 726 Å². The molecular weight excluding hydrogens is 1560 g/mol. The number of nitrogens with two attached hydrogens (primary N) is 6. The maximum Gasteiger partial charge on any atom is 0.320 e. The van der Waals surface area contributed by atoms with Gasteiger partial charge >= 0.3 is 17.9 Å². The largest absolute Gasteiger partial charge is 0.459 e. The fourth-order valence-electron chi connectivity index (χ4n) is 15.2. The summed E-state index contributed by atoms with van der Waals surface area (Å²) < 4.78 is 74.8. The molecule has 9 aromatic rings. The van der Waals surface area contributed by atoms with E-state index in [0.717, 1.165) is 50.1 Å². The number of nitrogens with one attached hydrogen (secondary N) is 3. The Kier molecular flexibility index (Phi) is 37.6. The molecule has 3 aliphatic carbocycles. The minimum Gasteiger partial charge on any atom is -0.459 e. The fraction of sp³-hybridized carbons (Fsp3) is 0.424. The summed E-state index contributed by atoms with van der Waals surface area (Å²) in [5.41, 5.74) is 47.9. The molecule has 15 N–H and O–H groups in total. The molecule has 660 valence electrons. The molecule has 0 heterocycles. The third-order valence-corrected chi connectivity index (χ3v) is 20.9. The highest BCUT2D eigenvalue weighted by Crippen LogP contribution is 2.33. The van der Waals surface area contributed by atoms with Gasteiger partial charge in [0.1, 0.15) is 16.8 Å². The SMILES string of the molecule is CC(C)(C)OC(=O)CNC1C(OCc2ccccc2)C(N)C(OCc2ccccc2)C(N)C1OCc1ccccc1.CC(C)(C)OC(=O)CNC1C(OCc2ccccc2)C(N)C(OCc2ccccc2)C(NCC(=O)OC(C)(C)C)C1OCc1ccccc1.NC1C(OCc2ccccc2)C(N)C(OCc2ccccc2)C(N)C1OCc1ccccc1. The molecule has 12 rings (SSSR count). The maximum absolute atomic E-state index is 13.0. The third kappa shape index (κ3) is 31.4. The van der Waals surface area contributed by atoms with Crippen LogP contribution < -0.4 is 50.4 Å². The van der Waals surface area contributed by atoms with Crippen LogP contribution in [0.2, 0.25) is 0 Å². The summed E-state index contributed by atoms with van der Waals surface area (Å²) in [5, 5.41) is 10.1. The number of hydrogen-bond donors (Lipinski definition) is 9. The van der Waals surface area contributed by atoms with Crippen molar-refractivity contribution in [2.24, 2.45) is 34.4 Å². The molecule has 8 atom stereocenters. The first-order valence-corrected chi connectivity index (χ1v) is 42.4. The van der Waals surface area contributed by atoms with Gasteiger partial charge in [-0.05, 0) is 112 Å². The Balaban J connectivity index is 0.000000197. The molecule has 0 radical (unpaired) electrons. The molecule has 0 bridgehead atoms.